The predicted octanol–water partition coefficient (Wildman–Crippen LogP) is 1.65. The number of primary amides is 1. The average Bonchev–Trinajstić information content (AvgIpc) is 2.53. The lowest BCUT2D eigenvalue weighted by atomic mass is 10.1. The van der Waals surface area contributed by atoms with Crippen LogP contribution in [0, 0.1) is 0 Å². The molecule has 0 aliphatic heterocycles. The van der Waals surface area contributed by atoms with Crippen molar-refractivity contribution in [3.05, 3.63) is 59.8 Å². The Balaban J connectivity index is 2.04. The monoisotopic (exact) mass is 313 g/mol. The quantitative estimate of drug-likeness (QED) is 0.427. The Morgan fingerprint density at radius 2 is 2.13 bits per heavy atom. The number of aromatic nitrogens is 1. The number of aliphatic imine (C=N–C) groups is 1. The standard InChI is InChI=1S/C16H19N5O2/c1-11(20-16(18)22)23-10-12-5-4-6-13(9-12)15(17)21-14-7-2-3-8-19-14/h2-9,11H,10H2,1H3,(H2,17,19,21)(H3,18,20,22). The Morgan fingerprint density at radius 3 is 2.83 bits per heavy atom. The van der Waals surface area contributed by atoms with Gasteiger partial charge in [-0.05, 0) is 30.7 Å². The SMILES string of the molecule is CC(NC(N)=O)OCc1cccc(C(N)=Nc2ccccn2)c1. The molecule has 7 nitrogen and oxygen atoms in total. The number of nitrogens with zero attached hydrogens (tertiary/aromatic N) is 2. The number of amidine groups is 1. The normalized spacial score (nSPS) is 12.7. The number of nitrogens with one attached hydrogen (secondary N) is 1. The summed E-state index contributed by atoms with van der Waals surface area (Å²) in [5, 5.41) is 2.44. The van der Waals surface area contributed by atoms with Gasteiger partial charge in [0.15, 0.2) is 5.82 Å². The summed E-state index contributed by atoms with van der Waals surface area (Å²) in [6.07, 6.45) is 1.18. The van der Waals surface area contributed by atoms with E-state index in [2.05, 4.69) is 15.3 Å². The van der Waals surface area contributed by atoms with Gasteiger partial charge < -0.3 is 21.5 Å². The Hall–Kier alpha value is -2.93. The Bertz CT molecular complexity index is 688. The van der Waals surface area contributed by atoms with Crippen molar-refractivity contribution in [3.8, 4) is 0 Å². The van der Waals surface area contributed by atoms with Crippen molar-refractivity contribution in [3.63, 3.8) is 0 Å². The second-order valence-corrected chi connectivity index (χ2v) is 4.85. The Morgan fingerprint density at radius 1 is 1.30 bits per heavy atom. The van der Waals surface area contributed by atoms with Gasteiger partial charge in [0.2, 0.25) is 0 Å². The van der Waals surface area contributed by atoms with Crippen molar-refractivity contribution in [2.45, 2.75) is 19.8 Å². The maximum Gasteiger partial charge on any atom is 0.314 e. The number of carbonyl (C=O) groups is 1. The highest BCUT2D eigenvalue weighted by atomic mass is 16.5. The van der Waals surface area contributed by atoms with Crippen LogP contribution in [0.5, 0.6) is 0 Å². The number of hydrogen-bond donors (Lipinski definition) is 3. The highest BCUT2D eigenvalue weighted by Gasteiger charge is 2.06. The third-order valence-electron chi connectivity index (χ3n) is 2.95. The summed E-state index contributed by atoms with van der Waals surface area (Å²) >= 11 is 0. The predicted molar refractivity (Wildman–Crippen MR) is 88.0 cm³/mol. The van der Waals surface area contributed by atoms with Crippen LogP contribution in [-0.4, -0.2) is 23.1 Å². The first-order chi connectivity index (χ1) is 11.0. The van der Waals surface area contributed by atoms with Gasteiger partial charge in [0.05, 0.1) is 6.61 Å². The van der Waals surface area contributed by atoms with Crippen LogP contribution in [0.1, 0.15) is 18.1 Å². The Kier molecular flexibility index (Phi) is 5.65. The molecule has 2 rings (SSSR count). The van der Waals surface area contributed by atoms with Crippen molar-refractivity contribution in [2.24, 2.45) is 16.5 Å². The van der Waals surface area contributed by atoms with Crippen molar-refractivity contribution >= 4 is 17.7 Å². The highest BCUT2D eigenvalue weighted by Crippen LogP contribution is 2.11. The molecule has 23 heavy (non-hydrogen) atoms. The van der Waals surface area contributed by atoms with Crippen LogP contribution in [-0.2, 0) is 11.3 Å². The van der Waals surface area contributed by atoms with E-state index < -0.39 is 12.3 Å². The number of amides is 2. The van der Waals surface area contributed by atoms with E-state index in [1.165, 1.54) is 0 Å². The van der Waals surface area contributed by atoms with Gasteiger partial charge in [-0.15, -0.1) is 0 Å². The van der Waals surface area contributed by atoms with Gasteiger partial charge in [-0.25, -0.2) is 14.8 Å². The van der Waals surface area contributed by atoms with Crippen LogP contribution in [0.2, 0.25) is 0 Å². The smallest absolute Gasteiger partial charge is 0.314 e. The first kappa shape index (κ1) is 16.4. The lowest BCUT2D eigenvalue weighted by Crippen LogP contribution is -2.38. The van der Waals surface area contributed by atoms with Gasteiger partial charge >= 0.3 is 6.03 Å². The van der Waals surface area contributed by atoms with E-state index in [1.54, 1.807) is 19.2 Å². The number of benzene rings is 1. The van der Waals surface area contributed by atoms with Crippen molar-refractivity contribution in [2.75, 3.05) is 0 Å². The topological polar surface area (TPSA) is 116 Å². The molecule has 0 fully saturated rings. The molecule has 1 aromatic carbocycles. The van der Waals surface area contributed by atoms with Crippen molar-refractivity contribution in [1.82, 2.24) is 10.3 Å². The number of ether oxygens (including phenoxy) is 1. The van der Waals surface area contributed by atoms with E-state index in [1.807, 2.05) is 36.4 Å². The molecule has 5 N–H and O–H groups in total. The van der Waals surface area contributed by atoms with Gasteiger partial charge in [-0.3, -0.25) is 0 Å². The molecule has 2 amide bonds. The molecule has 0 saturated heterocycles. The molecule has 1 heterocycles. The highest BCUT2D eigenvalue weighted by molar-refractivity contribution is 5.98. The molecule has 2 aromatic rings. The van der Waals surface area contributed by atoms with Crippen LogP contribution in [0.15, 0.2) is 53.7 Å². The Labute approximate surface area is 134 Å². The minimum Gasteiger partial charge on any atom is -0.383 e. The molecule has 0 bridgehead atoms. The summed E-state index contributed by atoms with van der Waals surface area (Å²) in [7, 11) is 0. The summed E-state index contributed by atoms with van der Waals surface area (Å²) in [6, 6.07) is 12.3. The molecule has 0 aliphatic rings. The molecule has 7 heteroatoms. The van der Waals surface area contributed by atoms with E-state index in [4.69, 9.17) is 16.2 Å². The molecular formula is C16H19N5O2. The zero-order valence-corrected chi connectivity index (χ0v) is 12.8. The second-order valence-electron chi connectivity index (χ2n) is 4.85. The molecule has 0 spiro atoms. The third-order valence-corrected chi connectivity index (χ3v) is 2.95. The van der Waals surface area contributed by atoms with Gasteiger partial charge in [0.25, 0.3) is 0 Å². The molecule has 1 aromatic heterocycles. The first-order valence-corrected chi connectivity index (χ1v) is 7.06. The fourth-order valence-corrected chi connectivity index (χ4v) is 1.89. The average molecular weight is 313 g/mol. The number of rotatable bonds is 6. The third kappa shape index (κ3) is 5.40. The molecule has 0 radical (unpaired) electrons. The van der Waals surface area contributed by atoms with Crippen molar-refractivity contribution < 1.29 is 9.53 Å². The molecule has 0 aliphatic carbocycles. The largest absolute Gasteiger partial charge is 0.383 e. The van der Waals surface area contributed by atoms with Crippen LogP contribution >= 0.6 is 0 Å². The van der Waals surface area contributed by atoms with E-state index in [-0.39, 0.29) is 0 Å². The molecular weight excluding hydrogens is 294 g/mol. The van der Waals surface area contributed by atoms with Gasteiger partial charge in [-0.2, -0.15) is 0 Å². The summed E-state index contributed by atoms with van der Waals surface area (Å²) in [4.78, 5) is 19.1. The van der Waals surface area contributed by atoms with Crippen molar-refractivity contribution in [1.29, 1.82) is 0 Å². The van der Waals surface area contributed by atoms with E-state index in [0.29, 0.717) is 18.3 Å². The van der Waals surface area contributed by atoms with Gasteiger partial charge in [-0.1, -0.05) is 24.3 Å². The summed E-state index contributed by atoms with van der Waals surface area (Å²) < 4.78 is 5.49. The van der Waals surface area contributed by atoms with Crippen LogP contribution in [0.4, 0.5) is 10.6 Å². The summed E-state index contributed by atoms with van der Waals surface area (Å²) in [5.41, 5.74) is 12.7. The lowest BCUT2D eigenvalue weighted by Gasteiger charge is -2.13. The van der Waals surface area contributed by atoms with Gasteiger partial charge in [0, 0.05) is 11.8 Å². The van der Waals surface area contributed by atoms with Gasteiger partial charge in [0.1, 0.15) is 12.1 Å². The maximum atomic E-state index is 10.7. The first-order valence-electron chi connectivity index (χ1n) is 7.06. The van der Waals surface area contributed by atoms with Crippen LogP contribution in [0.25, 0.3) is 0 Å². The fraction of sp³-hybridized carbons (Fsp3) is 0.188. The molecule has 1 unspecified atom stereocenters. The van der Waals surface area contributed by atoms with E-state index in [0.717, 1.165) is 11.1 Å². The minimum absolute atomic E-state index is 0.312. The number of nitrogens with two attached hydrogens (primary N) is 2. The maximum absolute atomic E-state index is 10.7. The number of hydrogen-bond acceptors (Lipinski definition) is 4. The fourth-order valence-electron chi connectivity index (χ4n) is 1.89. The minimum atomic E-state index is -0.627. The lowest BCUT2D eigenvalue weighted by molar-refractivity contribution is 0.0386. The van der Waals surface area contributed by atoms with E-state index >= 15 is 0 Å². The summed E-state index contributed by atoms with van der Waals surface area (Å²) in [6.45, 7) is 2.01. The second kappa shape index (κ2) is 7.90. The zero-order valence-electron chi connectivity index (χ0n) is 12.8. The number of carbonyl (C=O) groups excluding carboxylic acids is 1. The van der Waals surface area contributed by atoms with Crippen LogP contribution < -0.4 is 16.8 Å². The van der Waals surface area contributed by atoms with Crippen LogP contribution in [0.3, 0.4) is 0 Å². The number of pyridine rings is 1. The molecule has 0 saturated carbocycles. The molecule has 120 valence electrons. The zero-order chi connectivity index (χ0) is 16.7. The number of urea groups is 1. The summed E-state index contributed by atoms with van der Waals surface area (Å²) in [5.74, 6) is 0.916. The molecule has 1 atom stereocenters. The van der Waals surface area contributed by atoms with E-state index in [9.17, 15) is 4.79 Å².